The van der Waals surface area contributed by atoms with Crippen LogP contribution in [0.4, 0.5) is 0 Å². The van der Waals surface area contributed by atoms with Gasteiger partial charge in [-0.3, -0.25) is 4.79 Å². The summed E-state index contributed by atoms with van der Waals surface area (Å²) in [6.07, 6.45) is 4.01. The molecule has 0 N–H and O–H groups in total. The molecule has 1 aliphatic heterocycles. The lowest BCUT2D eigenvalue weighted by molar-refractivity contribution is 0.0686. The molecule has 1 aliphatic carbocycles. The first-order valence-corrected chi connectivity index (χ1v) is 8.24. The highest BCUT2D eigenvalue weighted by atomic mass is 16.5. The Morgan fingerprint density at radius 2 is 2.09 bits per heavy atom. The van der Waals surface area contributed by atoms with Crippen LogP contribution in [0, 0.1) is 0 Å². The Morgan fingerprint density at radius 1 is 1.26 bits per heavy atom. The molecule has 1 amide bonds. The van der Waals surface area contributed by atoms with Crippen LogP contribution in [0.1, 0.15) is 85.4 Å². The average molecular weight is 316 g/mol. The molecule has 7 nitrogen and oxygen atoms in total. The second-order valence-corrected chi connectivity index (χ2v) is 6.69. The Morgan fingerprint density at radius 3 is 2.78 bits per heavy atom. The number of carbonyl (C=O) groups excluding carboxylic acids is 1. The summed E-state index contributed by atoms with van der Waals surface area (Å²) >= 11 is 0. The lowest BCUT2D eigenvalue weighted by Gasteiger charge is -2.20. The van der Waals surface area contributed by atoms with Crippen molar-refractivity contribution in [3.63, 3.8) is 0 Å². The molecule has 1 saturated heterocycles. The molecular formula is C16H20N4O3. The number of carbonyl (C=O) groups is 1. The summed E-state index contributed by atoms with van der Waals surface area (Å²) < 4.78 is 10.6. The second kappa shape index (κ2) is 5.47. The molecule has 2 aromatic rings. The number of rotatable bonds is 4. The van der Waals surface area contributed by atoms with E-state index in [0.29, 0.717) is 24.2 Å². The molecule has 7 heteroatoms. The topological polar surface area (TPSA) is 85.3 Å². The van der Waals surface area contributed by atoms with Crippen molar-refractivity contribution in [1.29, 1.82) is 0 Å². The molecule has 2 aliphatic rings. The summed E-state index contributed by atoms with van der Waals surface area (Å²) in [5, 5.41) is 8.06. The van der Waals surface area contributed by atoms with Crippen LogP contribution in [0.3, 0.4) is 0 Å². The minimum Gasteiger partial charge on any atom is -0.351 e. The zero-order valence-corrected chi connectivity index (χ0v) is 13.4. The number of hydrogen-bond acceptors (Lipinski definition) is 6. The lowest BCUT2D eigenvalue weighted by atomic mass is 10.1. The van der Waals surface area contributed by atoms with E-state index in [1.807, 2.05) is 13.8 Å². The Kier molecular flexibility index (Phi) is 3.43. The molecule has 122 valence electrons. The van der Waals surface area contributed by atoms with Gasteiger partial charge in [0.15, 0.2) is 5.82 Å². The van der Waals surface area contributed by atoms with Crippen LogP contribution in [-0.2, 0) is 0 Å². The molecule has 0 aromatic carbocycles. The molecule has 4 rings (SSSR count). The minimum atomic E-state index is -0.148. The van der Waals surface area contributed by atoms with E-state index >= 15 is 0 Å². The fourth-order valence-corrected chi connectivity index (χ4v) is 2.96. The van der Waals surface area contributed by atoms with Crippen molar-refractivity contribution in [3.8, 4) is 0 Å². The van der Waals surface area contributed by atoms with Gasteiger partial charge in [-0.1, -0.05) is 24.2 Å². The number of amides is 1. The van der Waals surface area contributed by atoms with Gasteiger partial charge >= 0.3 is 0 Å². The van der Waals surface area contributed by atoms with Crippen LogP contribution in [-0.4, -0.2) is 32.6 Å². The van der Waals surface area contributed by atoms with Gasteiger partial charge in [0.2, 0.25) is 11.7 Å². The minimum absolute atomic E-state index is 0.133. The third-order valence-corrected chi connectivity index (χ3v) is 4.53. The van der Waals surface area contributed by atoms with Crippen molar-refractivity contribution >= 4 is 5.91 Å². The number of hydrogen-bond donors (Lipinski definition) is 0. The smallest absolute Gasteiger partial charge is 0.293 e. The summed E-state index contributed by atoms with van der Waals surface area (Å²) in [4.78, 5) is 19.0. The molecule has 1 saturated carbocycles. The first-order valence-electron chi connectivity index (χ1n) is 8.24. The highest BCUT2D eigenvalue weighted by Crippen LogP contribution is 2.40. The van der Waals surface area contributed by atoms with E-state index in [1.165, 1.54) is 0 Å². The summed E-state index contributed by atoms with van der Waals surface area (Å²) in [6.45, 7) is 4.71. The summed E-state index contributed by atoms with van der Waals surface area (Å²) in [6, 6.07) is 1.60. The molecule has 3 heterocycles. The van der Waals surface area contributed by atoms with Crippen LogP contribution in [0.5, 0.6) is 0 Å². The SMILES string of the molecule is CC(C)c1cc(C(=O)N2CCCC2c2noc(C3CC3)n2)on1. The van der Waals surface area contributed by atoms with E-state index in [-0.39, 0.29) is 23.6 Å². The van der Waals surface area contributed by atoms with Gasteiger partial charge in [0.1, 0.15) is 0 Å². The summed E-state index contributed by atoms with van der Waals surface area (Å²) in [7, 11) is 0. The van der Waals surface area contributed by atoms with Crippen LogP contribution >= 0.6 is 0 Å². The maximum Gasteiger partial charge on any atom is 0.293 e. The van der Waals surface area contributed by atoms with Gasteiger partial charge in [0.05, 0.1) is 11.7 Å². The molecule has 0 radical (unpaired) electrons. The molecule has 23 heavy (non-hydrogen) atoms. The molecule has 2 fully saturated rings. The molecule has 0 spiro atoms. The highest BCUT2D eigenvalue weighted by Gasteiger charge is 2.37. The quantitative estimate of drug-likeness (QED) is 0.862. The summed E-state index contributed by atoms with van der Waals surface area (Å²) in [5.41, 5.74) is 0.791. The molecule has 1 unspecified atom stereocenters. The van der Waals surface area contributed by atoms with Crippen molar-refractivity contribution < 1.29 is 13.8 Å². The first kappa shape index (κ1) is 14.4. The van der Waals surface area contributed by atoms with E-state index < -0.39 is 0 Å². The monoisotopic (exact) mass is 316 g/mol. The molecule has 1 atom stereocenters. The normalized spacial score (nSPS) is 21.3. The summed E-state index contributed by atoms with van der Waals surface area (Å²) in [5.74, 6) is 2.11. The van der Waals surface area contributed by atoms with Gasteiger partial charge < -0.3 is 13.9 Å². The number of likely N-dealkylation sites (tertiary alicyclic amines) is 1. The highest BCUT2D eigenvalue weighted by molar-refractivity contribution is 5.92. The van der Waals surface area contributed by atoms with E-state index in [4.69, 9.17) is 9.05 Å². The van der Waals surface area contributed by atoms with Crippen LogP contribution in [0.2, 0.25) is 0 Å². The van der Waals surface area contributed by atoms with E-state index in [0.717, 1.165) is 31.4 Å². The number of aromatic nitrogens is 3. The maximum absolute atomic E-state index is 12.7. The van der Waals surface area contributed by atoms with Crippen LogP contribution in [0.25, 0.3) is 0 Å². The van der Waals surface area contributed by atoms with Crippen molar-refractivity contribution in [1.82, 2.24) is 20.2 Å². The van der Waals surface area contributed by atoms with Crippen molar-refractivity contribution in [2.24, 2.45) is 0 Å². The third kappa shape index (κ3) is 2.64. The Labute approximate surface area is 134 Å². The Hall–Kier alpha value is -2.18. The van der Waals surface area contributed by atoms with Gasteiger partial charge in [-0.25, -0.2) is 0 Å². The van der Waals surface area contributed by atoms with Gasteiger partial charge in [-0.15, -0.1) is 0 Å². The van der Waals surface area contributed by atoms with Crippen molar-refractivity contribution in [3.05, 3.63) is 29.2 Å². The second-order valence-electron chi connectivity index (χ2n) is 6.69. The van der Waals surface area contributed by atoms with E-state index in [9.17, 15) is 4.79 Å². The zero-order chi connectivity index (χ0) is 16.0. The predicted molar refractivity (Wildman–Crippen MR) is 79.9 cm³/mol. The Balaban J connectivity index is 1.54. The lowest BCUT2D eigenvalue weighted by Crippen LogP contribution is -2.30. The standard InChI is InChI=1S/C16H20N4O3/c1-9(2)11-8-13(22-18-11)16(21)20-7-3-4-12(20)14-17-15(23-19-14)10-5-6-10/h8-10,12H,3-7H2,1-2H3. The Bertz CT molecular complexity index is 716. The van der Waals surface area contributed by atoms with Gasteiger partial charge in [0.25, 0.3) is 5.91 Å². The zero-order valence-electron chi connectivity index (χ0n) is 13.4. The van der Waals surface area contributed by atoms with Crippen molar-refractivity contribution in [2.45, 2.75) is 57.4 Å². The average Bonchev–Trinajstić information content (AvgIpc) is 3.02. The van der Waals surface area contributed by atoms with E-state index in [1.54, 1.807) is 11.0 Å². The third-order valence-electron chi connectivity index (χ3n) is 4.53. The van der Waals surface area contributed by atoms with Crippen LogP contribution < -0.4 is 0 Å². The van der Waals surface area contributed by atoms with Crippen molar-refractivity contribution in [2.75, 3.05) is 6.54 Å². The first-order chi connectivity index (χ1) is 11.1. The molecule has 2 aromatic heterocycles. The largest absolute Gasteiger partial charge is 0.351 e. The molecular weight excluding hydrogens is 296 g/mol. The van der Waals surface area contributed by atoms with Crippen LogP contribution in [0.15, 0.2) is 15.1 Å². The maximum atomic E-state index is 12.7. The van der Waals surface area contributed by atoms with Gasteiger partial charge in [0, 0.05) is 18.5 Å². The number of nitrogens with zero attached hydrogens (tertiary/aromatic N) is 4. The van der Waals surface area contributed by atoms with Gasteiger partial charge in [-0.05, 0) is 31.6 Å². The predicted octanol–water partition coefficient (Wildman–Crippen LogP) is 3.04. The van der Waals surface area contributed by atoms with Gasteiger partial charge in [-0.2, -0.15) is 4.98 Å². The molecule has 0 bridgehead atoms. The fraction of sp³-hybridized carbons (Fsp3) is 0.625. The fourth-order valence-electron chi connectivity index (χ4n) is 2.96. The van der Waals surface area contributed by atoms with E-state index in [2.05, 4.69) is 15.3 Å².